The molecule has 0 aliphatic rings. The summed E-state index contributed by atoms with van der Waals surface area (Å²) in [4.78, 5) is 27.3. The Bertz CT molecular complexity index is 268. The predicted molar refractivity (Wildman–Crippen MR) is 60.9 cm³/mol. The molecule has 0 fully saturated rings. The highest BCUT2D eigenvalue weighted by Gasteiger charge is 2.05. The second-order valence-corrected chi connectivity index (χ2v) is 3.07. The molecule has 6 heteroatoms. The van der Waals surface area contributed by atoms with Crippen LogP contribution in [-0.4, -0.2) is 22.5 Å². The Morgan fingerprint density at radius 1 is 1.00 bits per heavy atom. The average molecular weight is 246 g/mol. The SMILES string of the molecule is C=C(CC)C(=O)OO.C=C(CCC)C(=O)OO. The van der Waals surface area contributed by atoms with Crippen molar-refractivity contribution in [3.05, 3.63) is 24.3 Å². The molecule has 0 unspecified atom stereocenters. The van der Waals surface area contributed by atoms with E-state index < -0.39 is 11.9 Å². The fraction of sp³-hybridized carbons (Fsp3) is 0.455. The summed E-state index contributed by atoms with van der Waals surface area (Å²) in [6, 6.07) is 0. The molecule has 0 rings (SSSR count). The smallest absolute Gasteiger partial charge is 0.296 e. The van der Waals surface area contributed by atoms with Gasteiger partial charge in [0.1, 0.15) is 0 Å². The number of carbonyl (C=O) groups excluding carboxylic acids is 2. The molecule has 17 heavy (non-hydrogen) atoms. The monoisotopic (exact) mass is 246 g/mol. The first kappa shape index (κ1) is 17.7. The van der Waals surface area contributed by atoms with Crippen LogP contribution in [0.5, 0.6) is 0 Å². The molecule has 0 atom stereocenters. The van der Waals surface area contributed by atoms with Gasteiger partial charge in [0.2, 0.25) is 0 Å². The second kappa shape index (κ2) is 10.8. The van der Waals surface area contributed by atoms with Gasteiger partial charge < -0.3 is 0 Å². The molecule has 0 saturated heterocycles. The van der Waals surface area contributed by atoms with Crippen LogP contribution in [0.25, 0.3) is 0 Å². The van der Waals surface area contributed by atoms with Crippen molar-refractivity contribution in [1.82, 2.24) is 0 Å². The van der Waals surface area contributed by atoms with E-state index in [4.69, 9.17) is 10.5 Å². The molecule has 0 saturated carbocycles. The zero-order chi connectivity index (χ0) is 13.8. The zero-order valence-electron chi connectivity index (χ0n) is 10.1. The molecule has 0 aliphatic carbocycles. The van der Waals surface area contributed by atoms with Crippen molar-refractivity contribution in [3.8, 4) is 0 Å². The van der Waals surface area contributed by atoms with Crippen LogP contribution in [0.2, 0.25) is 0 Å². The van der Waals surface area contributed by atoms with Crippen LogP contribution < -0.4 is 0 Å². The van der Waals surface area contributed by atoms with Crippen molar-refractivity contribution in [2.24, 2.45) is 0 Å². The summed E-state index contributed by atoms with van der Waals surface area (Å²) in [7, 11) is 0. The molecule has 0 heterocycles. The van der Waals surface area contributed by atoms with Gasteiger partial charge in [0.05, 0.1) is 0 Å². The number of hydrogen-bond acceptors (Lipinski definition) is 6. The molecule has 0 aromatic carbocycles. The highest BCUT2D eigenvalue weighted by Crippen LogP contribution is 2.02. The van der Waals surface area contributed by atoms with E-state index in [1.165, 1.54) is 0 Å². The molecule has 0 spiro atoms. The topological polar surface area (TPSA) is 93.1 Å². The molecule has 98 valence electrons. The minimum absolute atomic E-state index is 0.271. The molecule has 0 aromatic heterocycles. The molecule has 0 amide bonds. The number of carbonyl (C=O) groups is 2. The summed E-state index contributed by atoms with van der Waals surface area (Å²) in [5.41, 5.74) is 0.576. The Morgan fingerprint density at radius 3 is 1.65 bits per heavy atom. The van der Waals surface area contributed by atoms with E-state index in [2.05, 4.69) is 22.9 Å². The summed E-state index contributed by atoms with van der Waals surface area (Å²) >= 11 is 0. The molecule has 6 nitrogen and oxygen atoms in total. The molecule has 0 bridgehead atoms. The lowest BCUT2D eigenvalue weighted by Crippen LogP contribution is -2.02. The summed E-state index contributed by atoms with van der Waals surface area (Å²) in [5.74, 6) is -1.50. The standard InChI is InChI=1S/C6H10O3.C5H8O3/c1-3-4-5(2)6(7)9-8;1-3-4(2)5(6)8-7/h8H,2-4H2,1H3;7H,2-3H2,1H3. The lowest BCUT2D eigenvalue weighted by molar-refractivity contribution is -0.229. The normalized spacial score (nSPS) is 8.47. The summed E-state index contributed by atoms with van der Waals surface area (Å²) in [6.07, 6.45) is 1.90. The maximum Gasteiger partial charge on any atom is 0.368 e. The highest BCUT2D eigenvalue weighted by molar-refractivity contribution is 5.87. The van der Waals surface area contributed by atoms with E-state index in [1.54, 1.807) is 6.92 Å². The van der Waals surface area contributed by atoms with Gasteiger partial charge in [-0.15, -0.1) is 0 Å². The first-order chi connectivity index (χ1) is 7.94. The fourth-order valence-electron chi connectivity index (χ4n) is 0.677. The van der Waals surface area contributed by atoms with Crippen molar-refractivity contribution in [2.75, 3.05) is 0 Å². The van der Waals surface area contributed by atoms with Crippen LogP contribution in [0.4, 0.5) is 0 Å². The quantitative estimate of drug-likeness (QED) is 0.439. The Hall–Kier alpha value is -1.66. The van der Waals surface area contributed by atoms with E-state index in [9.17, 15) is 9.59 Å². The van der Waals surface area contributed by atoms with E-state index in [1.807, 2.05) is 6.92 Å². The van der Waals surface area contributed by atoms with Crippen molar-refractivity contribution in [3.63, 3.8) is 0 Å². The summed E-state index contributed by atoms with van der Waals surface area (Å²) < 4.78 is 0. The zero-order valence-corrected chi connectivity index (χ0v) is 10.1. The van der Waals surface area contributed by atoms with E-state index in [-0.39, 0.29) is 5.57 Å². The van der Waals surface area contributed by atoms with Gasteiger partial charge in [-0.25, -0.2) is 9.59 Å². The Morgan fingerprint density at radius 2 is 1.41 bits per heavy atom. The maximum atomic E-state index is 10.3. The van der Waals surface area contributed by atoms with Gasteiger partial charge in [0.15, 0.2) is 0 Å². The van der Waals surface area contributed by atoms with Gasteiger partial charge in [0, 0.05) is 11.1 Å². The first-order valence-corrected chi connectivity index (χ1v) is 5.01. The number of hydrogen-bond donors (Lipinski definition) is 2. The molecule has 2 N–H and O–H groups in total. The van der Waals surface area contributed by atoms with Crippen molar-refractivity contribution < 1.29 is 29.9 Å². The fourth-order valence-corrected chi connectivity index (χ4v) is 0.677. The summed E-state index contributed by atoms with van der Waals surface area (Å²) in [5, 5.41) is 15.5. The molecule has 0 aliphatic heterocycles. The van der Waals surface area contributed by atoms with Crippen LogP contribution in [0.1, 0.15) is 33.1 Å². The third-order valence-electron chi connectivity index (χ3n) is 1.72. The molecular weight excluding hydrogens is 228 g/mol. The van der Waals surface area contributed by atoms with Crippen LogP contribution in [0.3, 0.4) is 0 Å². The van der Waals surface area contributed by atoms with Crippen LogP contribution >= 0.6 is 0 Å². The Balaban J connectivity index is 0. The molecule has 0 radical (unpaired) electrons. The van der Waals surface area contributed by atoms with E-state index >= 15 is 0 Å². The van der Waals surface area contributed by atoms with Crippen LogP contribution in [0.15, 0.2) is 24.3 Å². The van der Waals surface area contributed by atoms with E-state index in [0.717, 1.165) is 6.42 Å². The predicted octanol–water partition coefficient (Wildman–Crippen LogP) is 2.33. The lowest BCUT2D eigenvalue weighted by Gasteiger charge is -1.96. The minimum Gasteiger partial charge on any atom is -0.296 e. The number of rotatable bonds is 5. The maximum absolute atomic E-state index is 10.3. The lowest BCUT2D eigenvalue weighted by atomic mass is 10.2. The van der Waals surface area contributed by atoms with Gasteiger partial charge in [0.25, 0.3) is 0 Å². The van der Waals surface area contributed by atoms with Crippen LogP contribution in [0, 0.1) is 0 Å². The van der Waals surface area contributed by atoms with Gasteiger partial charge in [-0.1, -0.05) is 33.4 Å². The first-order valence-electron chi connectivity index (χ1n) is 5.01. The second-order valence-electron chi connectivity index (χ2n) is 3.07. The largest absolute Gasteiger partial charge is 0.368 e. The van der Waals surface area contributed by atoms with Crippen molar-refractivity contribution in [2.45, 2.75) is 33.1 Å². The summed E-state index contributed by atoms with van der Waals surface area (Å²) in [6.45, 7) is 10.4. The Labute approximate surface area is 100 Å². The highest BCUT2D eigenvalue weighted by atomic mass is 17.1. The van der Waals surface area contributed by atoms with Gasteiger partial charge in [-0.2, -0.15) is 10.5 Å². The average Bonchev–Trinajstić information content (AvgIpc) is 2.36. The minimum atomic E-state index is -0.757. The third kappa shape index (κ3) is 9.28. The van der Waals surface area contributed by atoms with Crippen molar-refractivity contribution in [1.29, 1.82) is 0 Å². The van der Waals surface area contributed by atoms with Gasteiger partial charge >= 0.3 is 11.9 Å². The Kier molecular flexibility index (Phi) is 11.3. The van der Waals surface area contributed by atoms with Gasteiger partial charge in [-0.3, -0.25) is 9.78 Å². The van der Waals surface area contributed by atoms with Gasteiger partial charge in [-0.05, 0) is 12.8 Å². The third-order valence-corrected chi connectivity index (χ3v) is 1.72. The van der Waals surface area contributed by atoms with Crippen molar-refractivity contribution >= 4 is 11.9 Å². The molecular formula is C11H18O6. The van der Waals surface area contributed by atoms with Crippen LogP contribution in [-0.2, 0) is 19.4 Å². The van der Waals surface area contributed by atoms with E-state index in [0.29, 0.717) is 18.4 Å². The molecule has 0 aromatic rings.